The number of hydrogen-bond acceptors (Lipinski definition) is 1. The fraction of sp³-hybridized carbons (Fsp3) is 0.462. The maximum absolute atomic E-state index is 10.8. The lowest BCUT2D eigenvalue weighted by Crippen LogP contribution is -2.30. The zero-order valence-corrected chi connectivity index (χ0v) is 9.71. The summed E-state index contributed by atoms with van der Waals surface area (Å²) in [5, 5.41) is 2.89. The number of carbonyl (C=O) groups excluding carboxylic acids is 1. The zero-order valence-electron chi connectivity index (χ0n) is 9.71. The average Bonchev–Trinajstić information content (AvgIpc) is 2.15. The number of amides is 1. The first-order valence-electron chi connectivity index (χ1n) is 5.41. The van der Waals surface area contributed by atoms with Crippen LogP contribution in [0.2, 0.25) is 0 Å². The third kappa shape index (κ3) is 4.15. The molecule has 0 aliphatic heterocycles. The van der Waals surface area contributed by atoms with Crippen LogP contribution in [0.1, 0.15) is 31.4 Å². The SMILES string of the molecule is CC(=O)NC(C)CCc1ccccc1C. The van der Waals surface area contributed by atoms with Crippen molar-refractivity contribution in [1.29, 1.82) is 0 Å². The van der Waals surface area contributed by atoms with Gasteiger partial charge in [-0.25, -0.2) is 0 Å². The molecule has 1 atom stereocenters. The molecule has 82 valence electrons. The van der Waals surface area contributed by atoms with Gasteiger partial charge in [0.1, 0.15) is 0 Å². The lowest BCUT2D eigenvalue weighted by molar-refractivity contribution is -0.119. The second-order valence-electron chi connectivity index (χ2n) is 4.07. The van der Waals surface area contributed by atoms with E-state index >= 15 is 0 Å². The largest absolute Gasteiger partial charge is 0.354 e. The Labute approximate surface area is 91.7 Å². The molecule has 2 heteroatoms. The fourth-order valence-corrected chi connectivity index (χ4v) is 1.68. The van der Waals surface area contributed by atoms with Crippen LogP contribution in [0.25, 0.3) is 0 Å². The quantitative estimate of drug-likeness (QED) is 0.803. The topological polar surface area (TPSA) is 29.1 Å². The maximum atomic E-state index is 10.8. The van der Waals surface area contributed by atoms with Gasteiger partial charge in [-0.05, 0) is 37.8 Å². The van der Waals surface area contributed by atoms with Gasteiger partial charge in [-0.3, -0.25) is 4.79 Å². The molecule has 1 N–H and O–H groups in total. The van der Waals surface area contributed by atoms with Crippen LogP contribution in [-0.4, -0.2) is 11.9 Å². The molecule has 0 spiro atoms. The van der Waals surface area contributed by atoms with Crippen molar-refractivity contribution in [2.75, 3.05) is 0 Å². The van der Waals surface area contributed by atoms with Crippen LogP contribution in [0.5, 0.6) is 0 Å². The molecule has 1 unspecified atom stereocenters. The summed E-state index contributed by atoms with van der Waals surface area (Å²) >= 11 is 0. The highest BCUT2D eigenvalue weighted by Gasteiger charge is 2.04. The second-order valence-corrected chi connectivity index (χ2v) is 4.07. The summed E-state index contributed by atoms with van der Waals surface area (Å²) in [5.74, 6) is 0.0484. The monoisotopic (exact) mass is 205 g/mol. The minimum absolute atomic E-state index is 0.0484. The molecule has 1 aromatic rings. The molecule has 0 radical (unpaired) electrons. The summed E-state index contributed by atoms with van der Waals surface area (Å²) in [5.41, 5.74) is 2.70. The van der Waals surface area contributed by atoms with Gasteiger partial charge in [-0.15, -0.1) is 0 Å². The van der Waals surface area contributed by atoms with E-state index in [1.807, 2.05) is 6.92 Å². The zero-order chi connectivity index (χ0) is 11.3. The van der Waals surface area contributed by atoms with Gasteiger partial charge in [0, 0.05) is 13.0 Å². The molecular formula is C13H19NO. The molecule has 1 amide bonds. The summed E-state index contributed by atoms with van der Waals surface area (Å²) in [4.78, 5) is 10.8. The standard InChI is InChI=1S/C13H19NO/c1-10-6-4-5-7-13(10)9-8-11(2)14-12(3)15/h4-7,11H,8-9H2,1-3H3,(H,14,15). The van der Waals surface area contributed by atoms with Crippen LogP contribution in [0, 0.1) is 6.92 Å². The molecule has 15 heavy (non-hydrogen) atoms. The van der Waals surface area contributed by atoms with Gasteiger partial charge in [0.25, 0.3) is 0 Å². The Kier molecular flexibility index (Phi) is 4.35. The highest BCUT2D eigenvalue weighted by atomic mass is 16.1. The number of benzene rings is 1. The highest BCUT2D eigenvalue weighted by Crippen LogP contribution is 2.10. The molecule has 1 aromatic carbocycles. The molecule has 2 nitrogen and oxygen atoms in total. The summed E-state index contributed by atoms with van der Waals surface area (Å²) < 4.78 is 0. The first kappa shape index (κ1) is 11.8. The van der Waals surface area contributed by atoms with Crippen LogP contribution >= 0.6 is 0 Å². The maximum Gasteiger partial charge on any atom is 0.217 e. The van der Waals surface area contributed by atoms with E-state index in [1.54, 1.807) is 6.92 Å². The summed E-state index contributed by atoms with van der Waals surface area (Å²) in [6.07, 6.45) is 2.01. The van der Waals surface area contributed by atoms with E-state index < -0.39 is 0 Å². The molecule has 1 rings (SSSR count). The van der Waals surface area contributed by atoms with E-state index in [0.29, 0.717) is 0 Å². The normalized spacial score (nSPS) is 12.2. The Balaban J connectivity index is 2.43. The van der Waals surface area contributed by atoms with Gasteiger partial charge >= 0.3 is 0 Å². The van der Waals surface area contributed by atoms with E-state index in [4.69, 9.17) is 0 Å². The Bertz CT molecular complexity index is 333. The third-order valence-electron chi connectivity index (χ3n) is 2.56. The van der Waals surface area contributed by atoms with Crippen LogP contribution in [-0.2, 0) is 11.2 Å². The second kappa shape index (κ2) is 5.54. The third-order valence-corrected chi connectivity index (χ3v) is 2.56. The summed E-state index contributed by atoms with van der Waals surface area (Å²) in [6.45, 7) is 5.72. The van der Waals surface area contributed by atoms with Gasteiger partial charge in [-0.2, -0.15) is 0 Å². The number of aryl methyl sites for hydroxylation is 2. The van der Waals surface area contributed by atoms with Crippen molar-refractivity contribution in [2.24, 2.45) is 0 Å². The lowest BCUT2D eigenvalue weighted by Gasteiger charge is -2.13. The van der Waals surface area contributed by atoms with Crippen molar-refractivity contribution < 1.29 is 4.79 Å². The van der Waals surface area contributed by atoms with Crippen LogP contribution < -0.4 is 5.32 Å². The molecular weight excluding hydrogens is 186 g/mol. The number of nitrogens with one attached hydrogen (secondary N) is 1. The predicted molar refractivity (Wildman–Crippen MR) is 62.8 cm³/mol. The predicted octanol–water partition coefficient (Wildman–Crippen LogP) is 2.45. The molecule has 0 fully saturated rings. The smallest absolute Gasteiger partial charge is 0.217 e. The molecule has 0 bridgehead atoms. The average molecular weight is 205 g/mol. The van der Waals surface area contributed by atoms with Crippen molar-refractivity contribution >= 4 is 5.91 Å². The number of hydrogen-bond donors (Lipinski definition) is 1. The molecule has 0 aliphatic rings. The molecule has 0 aliphatic carbocycles. The van der Waals surface area contributed by atoms with Crippen molar-refractivity contribution in [3.8, 4) is 0 Å². The van der Waals surface area contributed by atoms with Gasteiger partial charge in [0.15, 0.2) is 0 Å². The first-order valence-corrected chi connectivity index (χ1v) is 5.41. The lowest BCUT2D eigenvalue weighted by atomic mass is 10.0. The van der Waals surface area contributed by atoms with Crippen molar-refractivity contribution in [3.05, 3.63) is 35.4 Å². The van der Waals surface area contributed by atoms with Gasteiger partial charge in [-0.1, -0.05) is 24.3 Å². The van der Waals surface area contributed by atoms with Gasteiger partial charge < -0.3 is 5.32 Å². The Morgan fingerprint density at radius 1 is 1.40 bits per heavy atom. The van der Waals surface area contributed by atoms with Gasteiger partial charge in [0.05, 0.1) is 0 Å². The summed E-state index contributed by atoms with van der Waals surface area (Å²) in [6, 6.07) is 8.64. The van der Waals surface area contributed by atoms with E-state index in [1.165, 1.54) is 11.1 Å². The molecule has 0 aromatic heterocycles. The van der Waals surface area contributed by atoms with Crippen LogP contribution in [0.3, 0.4) is 0 Å². The van der Waals surface area contributed by atoms with Crippen molar-refractivity contribution in [3.63, 3.8) is 0 Å². The van der Waals surface area contributed by atoms with Gasteiger partial charge in [0.2, 0.25) is 5.91 Å². The Morgan fingerprint density at radius 2 is 2.07 bits per heavy atom. The van der Waals surface area contributed by atoms with Crippen LogP contribution in [0.15, 0.2) is 24.3 Å². The van der Waals surface area contributed by atoms with E-state index in [2.05, 4.69) is 36.5 Å². The van der Waals surface area contributed by atoms with Crippen molar-refractivity contribution in [1.82, 2.24) is 5.32 Å². The molecule has 0 saturated heterocycles. The fourth-order valence-electron chi connectivity index (χ4n) is 1.68. The Hall–Kier alpha value is -1.31. The van der Waals surface area contributed by atoms with E-state index in [9.17, 15) is 4.79 Å². The van der Waals surface area contributed by atoms with E-state index in [0.717, 1.165) is 12.8 Å². The van der Waals surface area contributed by atoms with Crippen LogP contribution in [0.4, 0.5) is 0 Å². The highest BCUT2D eigenvalue weighted by molar-refractivity contribution is 5.73. The molecule has 0 saturated carbocycles. The minimum Gasteiger partial charge on any atom is -0.354 e. The summed E-state index contributed by atoms with van der Waals surface area (Å²) in [7, 11) is 0. The van der Waals surface area contributed by atoms with Crippen molar-refractivity contribution in [2.45, 2.75) is 39.7 Å². The minimum atomic E-state index is 0.0484. The molecule has 0 heterocycles. The number of carbonyl (C=O) groups is 1. The van der Waals surface area contributed by atoms with E-state index in [-0.39, 0.29) is 11.9 Å². The Morgan fingerprint density at radius 3 is 2.67 bits per heavy atom. The first-order chi connectivity index (χ1) is 7.09. The number of rotatable bonds is 4.